The number of rotatable bonds is 36. The third kappa shape index (κ3) is 34.0. The van der Waals surface area contributed by atoms with Crippen molar-refractivity contribution in [3.8, 4) is 23.8 Å². The molecule has 5 fully saturated rings. The van der Waals surface area contributed by atoms with Gasteiger partial charge in [0.2, 0.25) is 53.1 Å². The Kier molecular flexibility index (Phi) is 40.5. The molecule has 20 N–H and O–H groups in total. The van der Waals surface area contributed by atoms with E-state index in [2.05, 4.69) is 135 Å². The van der Waals surface area contributed by atoms with Gasteiger partial charge in [-0.25, -0.2) is 38.3 Å². The molecule has 746 valence electrons. The van der Waals surface area contributed by atoms with Gasteiger partial charge >= 0.3 is 23.2 Å². The number of methoxy groups -OCH3 is 2. The van der Waals surface area contributed by atoms with Crippen molar-refractivity contribution in [2.24, 2.45) is 58.3 Å². The van der Waals surface area contributed by atoms with Gasteiger partial charge in [0.05, 0.1) is 46.3 Å². The fraction of sp³-hybridized carbons (Fsp3) is 0.478. The van der Waals surface area contributed by atoms with Crippen LogP contribution >= 0.6 is 0 Å². The van der Waals surface area contributed by atoms with Crippen LogP contribution in [0.1, 0.15) is 173 Å². The number of aromatic nitrogens is 14. The summed E-state index contributed by atoms with van der Waals surface area (Å²) in [5.41, 5.74) is 32.8. The van der Waals surface area contributed by atoms with E-state index in [-0.39, 0.29) is 82.5 Å². The van der Waals surface area contributed by atoms with Gasteiger partial charge in [-0.1, -0.05) is 36.4 Å². The van der Waals surface area contributed by atoms with Crippen molar-refractivity contribution in [2.45, 2.75) is 202 Å². The molecule has 0 aliphatic heterocycles. The summed E-state index contributed by atoms with van der Waals surface area (Å²) in [7, 11) is -0.171. The van der Waals surface area contributed by atoms with Gasteiger partial charge in [-0.3, -0.25) is 45.3 Å². The van der Waals surface area contributed by atoms with Gasteiger partial charge in [-0.2, -0.15) is 48.6 Å². The summed E-state index contributed by atoms with van der Waals surface area (Å²) in [5.74, 6) is 6.76. The van der Waals surface area contributed by atoms with Crippen LogP contribution < -0.4 is 91.3 Å². The Hall–Kier alpha value is -14.5. The molecule has 44 nitrogen and oxygen atoms in total. The number of alkyl halides is 3. The zero-order valence-electron chi connectivity index (χ0n) is 78.2. The molecule has 5 saturated carbocycles. The Balaban J connectivity index is 0.000000168. The van der Waals surface area contributed by atoms with Crippen LogP contribution in [0.4, 0.5) is 89.1 Å². The normalized spacial score (nSPS) is 19.3. The average Bonchev–Trinajstić information content (AvgIpc) is 0.854. The molecule has 0 saturated heterocycles. The van der Waals surface area contributed by atoms with Crippen LogP contribution in [0.25, 0.3) is 0 Å². The Morgan fingerprint density at radius 3 is 1.09 bits per heavy atom. The Labute approximate surface area is 808 Å². The maximum absolute atomic E-state index is 12.6. The van der Waals surface area contributed by atoms with Gasteiger partial charge in [0, 0.05) is 150 Å². The van der Waals surface area contributed by atoms with Crippen molar-refractivity contribution in [1.82, 2.24) is 69.8 Å². The van der Waals surface area contributed by atoms with E-state index < -0.39 is 36.5 Å². The largest absolute Gasteiger partial charge is 0.496 e. The number of nitrogens with one attached hydrogen (secondary N) is 10. The Bertz CT molecular complexity index is 5710. The summed E-state index contributed by atoms with van der Waals surface area (Å²) in [4.78, 5) is 90.3. The minimum absolute atomic E-state index is 0.0953. The zero-order chi connectivity index (χ0) is 99.9. The molecule has 0 unspecified atom stereocenters. The topological polar surface area (TPSA) is 660 Å². The number of benzene rings is 1. The van der Waals surface area contributed by atoms with Crippen LogP contribution in [0.15, 0.2) is 140 Å². The van der Waals surface area contributed by atoms with Crippen LogP contribution in [0, 0.1) is 82.6 Å². The smallest absolute Gasteiger partial charge is 0.433 e. The number of nitro groups is 3. The lowest BCUT2D eigenvalue weighted by atomic mass is 9.86. The number of anilines is 10. The summed E-state index contributed by atoms with van der Waals surface area (Å²) in [6, 6.07) is 23.8. The predicted molar refractivity (Wildman–Crippen MR) is 523 cm³/mol. The molecule has 48 heteroatoms. The molecule has 5 aliphatic carbocycles. The highest BCUT2D eigenvalue weighted by atomic mass is 32.2. The van der Waals surface area contributed by atoms with Crippen LogP contribution in [0.3, 0.4) is 0 Å². The number of sulfone groups is 1. The van der Waals surface area contributed by atoms with Crippen molar-refractivity contribution < 1.29 is 45.8 Å². The molecule has 140 heavy (non-hydrogen) atoms. The van der Waals surface area contributed by atoms with E-state index in [9.17, 15) is 62.5 Å². The van der Waals surface area contributed by atoms with Gasteiger partial charge in [0.1, 0.15) is 64.9 Å². The van der Waals surface area contributed by atoms with Crippen molar-refractivity contribution in [3.05, 3.63) is 210 Å². The van der Waals surface area contributed by atoms with Crippen LogP contribution in [-0.4, -0.2) is 176 Å². The van der Waals surface area contributed by atoms with E-state index in [4.69, 9.17) is 38.1 Å². The van der Waals surface area contributed by atoms with Crippen molar-refractivity contribution >= 4 is 85.7 Å². The summed E-state index contributed by atoms with van der Waals surface area (Å²) >= 11 is 0. The van der Waals surface area contributed by atoms with E-state index in [1.807, 2.05) is 24.3 Å². The molecule has 0 bridgehead atoms. The number of hydrogen-bond donors (Lipinski definition) is 15. The highest BCUT2D eigenvalue weighted by Crippen LogP contribution is 2.35. The number of nitrogens with zero attached hydrogens (tertiary/aromatic N) is 19. The Morgan fingerprint density at radius 1 is 0.386 bits per heavy atom. The molecule has 0 radical (unpaired) electrons. The summed E-state index contributed by atoms with van der Waals surface area (Å²) in [6.45, 7) is 5.05. The second kappa shape index (κ2) is 53.5. The van der Waals surface area contributed by atoms with Crippen molar-refractivity contribution in [3.63, 3.8) is 0 Å². The van der Waals surface area contributed by atoms with Gasteiger partial charge in [0.15, 0.2) is 9.84 Å². The predicted octanol–water partition coefficient (Wildman–Crippen LogP) is 12.6. The molecule has 9 aromatic heterocycles. The number of nitriles is 2. The standard InChI is InChI=1S/2C19H25N7O.C19H26N6O4S.C18H22F3N7O2.C17H23N7O2/c1-27-17-6-7-22-10-15(17)12-25-19-24-11-14(8-20)18(26-19)23-9-13-2-4-16(21)5-3-13;1-27-18-14(3-2-8-22-18)11-24-19-25-12-15(9-20)17(26-19)23-10-13-4-6-16(21)7-5-13;1-30(28,29)17-5-3-2-4-14(17)11-22-19-23-12-16(25(26)27)18(24-19)21-10-13-6-8-15(20)9-7-13;19-18(20,21)15-6-3-12(8-23-15)9-25-17-26-10-14(28(29)30)16(27-17)24-7-11-1-4-13(22)5-2-11;18-14-5-3-12(4-6-14)9-20-16-15(24(25)26)11-22-17(23-16)21-10-13-2-1-7-19-8-13/h6-7,10-11,13,16H,2-5,9,12,21H2,1H3,(H2,23,24,25,26);2-3,8,12-13,16H,4-7,10-11,21H2,1H3,(H2,23,24,25,26);2-5,12-13,15H,6-11,20H2,1H3,(H2,21,22,23,24);3,6,8,10-11,13H,1-2,4-5,7,9,22H2,(H2,24,25,26,27);1-2,7-8,11-12,14H,3-6,9-10,18H2,(H2,20,21,22,23). The average molecular weight is 1950 g/mol. The van der Waals surface area contributed by atoms with E-state index in [1.54, 1.807) is 69.5 Å². The summed E-state index contributed by atoms with van der Waals surface area (Å²) in [6.07, 6.45) is 33.1. The van der Waals surface area contributed by atoms with Crippen LogP contribution in [-0.2, 0) is 48.7 Å². The lowest BCUT2D eigenvalue weighted by Crippen LogP contribution is -2.29. The minimum atomic E-state index is -4.50. The number of hydrogen-bond acceptors (Lipinski definition) is 41. The summed E-state index contributed by atoms with van der Waals surface area (Å²) in [5, 5.41) is 83.6. The van der Waals surface area contributed by atoms with Crippen molar-refractivity contribution in [2.75, 3.05) is 106 Å². The first kappa shape index (κ1) is 106. The van der Waals surface area contributed by atoms with Crippen LogP contribution in [0.2, 0.25) is 0 Å². The quantitative estimate of drug-likeness (QED) is 0.0128. The molecular weight excluding hydrogens is 1830 g/mol. The SMILES string of the molecule is COc1ccncc1CNc1ncc(C#N)c(NCC2CCC(N)CC2)n1.COc1ncccc1CNc1ncc(C#N)c(NCC2CCC(N)CC2)n1.CS(=O)(=O)c1ccccc1CNc1ncc([N+](=O)[O-])c(NCC2CCC(N)CC2)n1.NC1CCC(CNc2nc(NCc3ccc(C(F)(F)F)nc3)ncc2[N+](=O)[O-])CC1.NC1CCC(CNc2nc(NCc3cccnc3)ncc2[N+](=O)[O-])CC1. The lowest BCUT2D eigenvalue weighted by Gasteiger charge is -2.26. The minimum Gasteiger partial charge on any atom is -0.496 e. The van der Waals surface area contributed by atoms with Gasteiger partial charge in [0.25, 0.3) is 0 Å². The fourth-order valence-electron chi connectivity index (χ4n) is 16.3. The second-order valence-electron chi connectivity index (χ2n) is 34.9. The highest BCUT2D eigenvalue weighted by Gasteiger charge is 2.33. The molecule has 0 spiro atoms. The molecular formula is C92H121F3N34O10S. The maximum Gasteiger partial charge on any atom is 0.433 e. The summed E-state index contributed by atoms with van der Waals surface area (Å²) < 4.78 is 72.2. The van der Waals surface area contributed by atoms with E-state index in [1.165, 1.54) is 30.7 Å². The van der Waals surface area contributed by atoms with E-state index in [0.29, 0.717) is 139 Å². The maximum atomic E-state index is 12.6. The molecule has 9 heterocycles. The first-order chi connectivity index (χ1) is 67.5. The molecule has 5 aliphatic rings. The molecule has 1 aromatic carbocycles. The van der Waals surface area contributed by atoms with Crippen molar-refractivity contribution in [1.29, 1.82) is 10.5 Å². The number of halogens is 3. The van der Waals surface area contributed by atoms with E-state index in [0.717, 1.165) is 195 Å². The van der Waals surface area contributed by atoms with Gasteiger partial charge in [-0.05, 0) is 205 Å². The lowest BCUT2D eigenvalue weighted by molar-refractivity contribution is -0.384. The zero-order valence-corrected chi connectivity index (χ0v) is 79.0. The highest BCUT2D eigenvalue weighted by molar-refractivity contribution is 7.90. The number of ether oxygens (including phenoxy) is 2. The number of nitrogens with two attached hydrogens (primary N) is 5. The van der Waals surface area contributed by atoms with E-state index >= 15 is 0 Å². The van der Waals surface area contributed by atoms with Gasteiger partial charge in [-0.15, -0.1) is 0 Å². The molecule has 0 atom stereocenters. The fourth-order valence-corrected chi connectivity index (χ4v) is 17.2. The Morgan fingerprint density at radius 2 is 0.736 bits per heavy atom. The molecule has 10 aromatic rings. The monoisotopic (exact) mass is 1950 g/mol. The van der Waals surface area contributed by atoms with Gasteiger partial charge < -0.3 is 91.3 Å². The third-order valence-corrected chi connectivity index (χ3v) is 25.7. The second-order valence-corrected chi connectivity index (χ2v) is 36.9. The first-order valence-corrected chi connectivity index (χ1v) is 48.2. The molecule has 15 rings (SSSR count). The number of pyridine rings is 4. The first-order valence-electron chi connectivity index (χ1n) is 46.3. The molecule has 0 amide bonds. The third-order valence-electron chi connectivity index (χ3n) is 24.5. The van der Waals surface area contributed by atoms with Crippen LogP contribution in [0.5, 0.6) is 11.6 Å².